The number of amides is 2. The molecule has 2 aromatic carbocycles. The highest BCUT2D eigenvalue weighted by atomic mass is 19.1. The minimum atomic E-state index is -0.927. The molecule has 154 valence electrons. The maximum Gasteiger partial charge on any atom is 0.328 e. The van der Waals surface area contributed by atoms with Gasteiger partial charge in [0.15, 0.2) is 6.61 Å². The van der Waals surface area contributed by atoms with E-state index >= 15 is 0 Å². The van der Waals surface area contributed by atoms with Crippen molar-refractivity contribution in [2.24, 2.45) is 0 Å². The molecule has 0 aliphatic heterocycles. The second kappa shape index (κ2) is 9.32. The van der Waals surface area contributed by atoms with Crippen LogP contribution in [0.2, 0.25) is 0 Å². The fourth-order valence-corrected chi connectivity index (χ4v) is 2.45. The van der Waals surface area contributed by atoms with E-state index in [2.05, 4.69) is 31.4 Å². The number of hydrogen-bond donors (Lipinski definition) is 2. The monoisotopic (exact) mass is 400 g/mol. The van der Waals surface area contributed by atoms with Crippen molar-refractivity contribution in [1.82, 2.24) is 5.32 Å². The number of nitrogens with one attached hydrogen (secondary N) is 2. The Bertz CT molecular complexity index is 871. The van der Waals surface area contributed by atoms with Crippen LogP contribution >= 0.6 is 0 Å². The molecule has 0 saturated carbocycles. The molecule has 0 aliphatic carbocycles. The van der Waals surface area contributed by atoms with Crippen molar-refractivity contribution in [2.75, 3.05) is 11.9 Å². The van der Waals surface area contributed by atoms with E-state index in [4.69, 9.17) is 4.74 Å². The zero-order chi connectivity index (χ0) is 21.6. The number of anilines is 1. The zero-order valence-electron chi connectivity index (χ0n) is 16.9. The van der Waals surface area contributed by atoms with Gasteiger partial charge in [-0.25, -0.2) is 9.18 Å². The van der Waals surface area contributed by atoms with E-state index in [9.17, 15) is 18.8 Å². The molecule has 7 heteroatoms. The Morgan fingerprint density at radius 1 is 1.00 bits per heavy atom. The first kappa shape index (κ1) is 22.1. The number of hydrogen-bond acceptors (Lipinski definition) is 4. The third-order valence-electron chi connectivity index (χ3n) is 4.19. The SMILES string of the molecule is C[C@H](NC(=O)c1ccc(C(C)(C)C)cc1)C(=O)OCC(=O)Nc1ccc(F)cc1. The van der Waals surface area contributed by atoms with Gasteiger partial charge in [0.05, 0.1) is 0 Å². The van der Waals surface area contributed by atoms with Crippen LogP contribution in [0.15, 0.2) is 48.5 Å². The first-order valence-electron chi connectivity index (χ1n) is 9.20. The quantitative estimate of drug-likeness (QED) is 0.728. The standard InChI is InChI=1S/C22H25FN2O4/c1-14(24-20(27)15-5-7-16(8-6-15)22(2,3)4)21(28)29-13-19(26)25-18-11-9-17(23)10-12-18/h5-12,14H,13H2,1-4H3,(H,24,27)(H,25,26)/t14-/m0/s1. The summed E-state index contributed by atoms with van der Waals surface area (Å²) in [5.74, 6) is -2.14. The highest BCUT2D eigenvalue weighted by Gasteiger charge is 2.20. The first-order chi connectivity index (χ1) is 13.6. The molecular formula is C22H25FN2O4. The van der Waals surface area contributed by atoms with Crippen LogP contribution in [0.4, 0.5) is 10.1 Å². The summed E-state index contributed by atoms with van der Waals surface area (Å²) in [6.45, 7) is 7.18. The molecule has 6 nitrogen and oxygen atoms in total. The third kappa shape index (κ3) is 6.71. The van der Waals surface area contributed by atoms with Crippen molar-refractivity contribution < 1.29 is 23.5 Å². The molecule has 2 N–H and O–H groups in total. The van der Waals surface area contributed by atoms with Gasteiger partial charge in [0.25, 0.3) is 11.8 Å². The second-order valence-corrected chi connectivity index (χ2v) is 7.69. The van der Waals surface area contributed by atoms with Crippen LogP contribution in [0.3, 0.4) is 0 Å². The topological polar surface area (TPSA) is 84.5 Å². The van der Waals surface area contributed by atoms with Crippen LogP contribution in [0.1, 0.15) is 43.6 Å². The van der Waals surface area contributed by atoms with E-state index in [0.29, 0.717) is 11.3 Å². The predicted molar refractivity (Wildman–Crippen MR) is 108 cm³/mol. The fraction of sp³-hybridized carbons (Fsp3) is 0.318. The highest BCUT2D eigenvalue weighted by molar-refractivity contribution is 5.97. The van der Waals surface area contributed by atoms with Gasteiger partial charge in [-0.2, -0.15) is 0 Å². The van der Waals surface area contributed by atoms with E-state index in [-0.39, 0.29) is 5.41 Å². The molecule has 0 heterocycles. The Morgan fingerprint density at radius 2 is 1.59 bits per heavy atom. The number of rotatable bonds is 6. The molecule has 0 aliphatic rings. The fourth-order valence-electron chi connectivity index (χ4n) is 2.45. The number of benzene rings is 2. The summed E-state index contributed by atoms with van der Waals surface area (Å²) in [6.07, 6.45) is 0. The first-order valence-corrected chi connectivity index (χ1v) is 9.20. The summed E-state index contributed by atoms with van der Waals surface area (Å²) in [6, 6.07) is 11.4. The largest absolute Gasteiger partial charge is 0.454 e. The molecule has 0 saturated heterocycles. The van der Waals surface area contributed by atoms with Crippen LogP contribution in [-0.4, -0.2) is 30.4 Å². The third-order valence-corrected chi connectivity index (χ3v) is 4.19. The molecule has 2 rings (SSSR count). The minimum Gasteiger partial charge on any atom is -0.454 e. The van der Waals surface area contributed by atoms with Gasteiger partial charge >= 0.3 is 5.97 Å². The van der Waals surface area contributed by atoms with E-state index in [1.165, 1.54) is 31.2 Å². The van der Waals surface area contributed by atoms with Crippen LogP contribution in [0.25, 0.3) is 0 Å². The van der Waals surface area contributed by atoms with E-state index in [1.54, 1.807) is 12.1 Å². The van der Waals surface area contributed by atoms with Gasteiger partial charge in [-0.1, -0.05) is 32.9 Å². The van der Waals surface area contributed by atoms with Crippen molar-refractivity contribution in [3.05, 3.63) is 65.5 Å². The summed E-state index contributed by atoms with van der Waals surface area (Å²) in [7, 11) is 0. The lowest BCUT2D eigenvalue weighted by Gasteiger charge is -2.19. The van der Waals surface area contributed by atoms with Crippen molar-refractivity contribution in [1.29, 1.82) is 0 Å². The van der Waals surface area contributed by atoms with Crippen LogP contribution in [-0.2, 0) is 19.7 Å². The number of halogens is 1. The van der Waals surface area contributed by atoms with Crippen LogP contribution < -0.4 is 10.6 Å². The van der Waals surface area contributed by atoms with Crippen LogP contribution in [0, 0.1) is 5.82 Å². The van der Waals surface area contributed by atoms with Crippen molar-refractivity contribution in [3.63, 3.8) is 0 Å². The Hall–Kier alpha value is -3.22. The summed E-state index contributed by atoms with van der Waals surface area (Å²) >= 11 is 0. The molecule has 29 heavy (non-hydrogen) atoms. The predicted octanol–water partition coefficient (Wildman–Crippen LogP) is 3.42. The lowest BCUT2D eigenvalue weighted by molar-refractivity contribution is -0.148. The lowest BCUT2D eigenvalue weighted by Crippen LogP contribution is -2.40. The molecular weight excluding hydrogens is 375 g/mol. The Kier molecular flexibility index (Phi) is 7.09. The van der Waals surface area contributed by atoms with Gasteiger partial charge in [-0.05, 0) is 54.3 Å². The molecule has 2 aromatic rings. The molecule has 0 bridgehead atoms. The number of carbonyl (C=O) groups excluding carboxylic acids is 3. The smallest absolute Gasteiger partial charge is 0.328 e. The molecule has 2 amide bonds. The average molecular weight is 400 g/mol. The number of esters is 1. The summed E-state index contributed by atoms with van der Waals surface area (Å²) in [5, 5.41) is 5.02. The maximum absolute atomic E-state index is 12.8. The van der Waals surface area contributed by atoms with Gasteiger partial charge in [0.2, 0.25) is 0 Å². The van der Waals surface area contributed by atoms with Crippen molar-refractivity contribution in [2.45, 2.75) is 39.2 Å². The Morgan fingerprint density at radius 3 is 2.14 bits per heavy atom. The Labute approximate surface area is 169 Å². The van der Waals surface area contributed by atoms with Crippen molar-refractivity contribution >= 4 is 23.5 Å². The van der Waals surface area contributed by atoms with E-state index in [1.807, 2.05) is 12.1 Å². The molecule has 0 spiro atoms. The van der Waals surface area contributed by atoms with Gasteiger partial charge < -0.3 is 15.4 Å². The second-order valence-electron chi connectivity index (χ2n) is 7.69. The summed E-state index contributed by atoms with van der Waals surface area (Å²) in [4.78, 5) is 36.1. The maximum atomic E-state index is 12.8. The summed E-state index contributed by atoms with van der Waals surface area (Å²) in [5.41, 5.74) is 1.87. The molecule has 1 atom stereocenters. The van der Waals surface area contributed by atoms with Gasteiger partial charge in [-0.3, -0.25) is 9.59 Å². The average Bonchev–Trinajstić information content (AvgIpc) is 2.67. The molecule has 0 unspecified atom stereocenters. The summed E-state index contributed by atoms with van der Waals surface area (Å²) < 4.78 is 17.8. The zero-order valence-corrected chi connectivity index (χ0v) is 16.9. The van der Waals surface area contributed by atoms with Gasteiger partial charge in [-0.15, -0.1) is 0 Å². The Balaban J connectivity index is 1.82. The lowest BCUT2D eigenvalue weighted by atomic mass is 9.86. The molecule has 0 radical (unpaired) electrons. The normalized spacial score (nSPS) is 12.0. The highest BCUT2D eigenvalue weighted by Crippen LogP contribution is 2.22. The van der Waals surface area contributed by atoms with E-state index < -0.39 is 36.2 Å². The number of carbonyl (C=O) groups is 3. The number of ether oxygens (including phenoxy) is 1. The minimum absolute atomic E-state index is 0.0272. The van der Waals surface area contributed by atoms with Gasteiger partial charge in [0.1, 0.15) is 11.9 Å². The van der Waals surface area contributed by atoms with Crippen molar-refractivity contribution in [3.8, 4) is 0 Å². The van der Waals surface area contributed by atoms with Crippen LogP contribution in [0.5, 0.6) is 0 Å². The molecule has 0 aromatic heterocycles. The van der Waals surface area contributed by atoms with E-state index in [0.717, 1.165) is 5.56 Å². The van der Waals surface area contributed by atoms with Gasteiger partial charge in [0, 0.05) is 11.3 Å². The molecule has 0 fully saturated rings.